The summed E-state index contributed by atoms with van der Waals surface area (Å²) in [5, 5.41) is 3.57. The first-order valence-electron chi connectivity index (χ1n) is 13.0. The van der Waals surface area contributed by atoms with Crippen molar-refractivity contribution in [2.45, 2.75) is 46.7 Å². The summed E-state index contributed by atoms with van der Waals surface area (Å²) in [7, 11) is 0. The minimum atomic E-state index is -4.36. The first-order valence-corrected chi connectivity index (χ1v) is 13.0. The lowest BCUT2D eigenvalue weighted by molar-refractivity contribution is -0.137. The molecule has 1 heterocycles. The van der Waals surface area contributed by atoms with E-state index in [4.69, 9.17) is 4.99 Å². The van der Waals surface area contributed by atoms with Gasteiger partial charge in [-0.1, -0.05) is 55.6 Å². The molecule has 0 atom stereocenters. The smallest absolute Gasteiger partial charge is 0.388 e. The summed E-state index contributed by atoms with van der Waals surface area (Å²) in [6.07, 6.45) is 1.43. The van der Waals surface area contributed by atoms with Crippen molar-refractivity contribution in [3.05, 3.63) is 113 Å². The van der Waals surface area contributed by atoms with Gasteiger partial charge in [-0.15, -0.1) is 0 Å². The zero-order valence-corrected chi connectivity index (χ0v) is 22.8. The Morgan fingerprint density at radius 3 is 2.39 bits per heavy atom. The van der Waals surface area contributed by atoms with Gasteiger partial charge in [0.05, 0.1) is 11.3 Å². The molecule has 6 heteroatoms. The van der Waals surface area contributed by atoms with Gasteiger partial charge in [-0.2, -0.15) is 13.2 Å². The van der Waals surface area contributed by atoms with E-state index in [1.165, 1.54) is 12.1 Å². The van der Waals surface area contributed by atoms with Gasteiger partial charge >= 0.3 is 6.18 Å². The lowest BCUT2D eigenvalue weighted by Crippen LogP contribution is -2.36. The third kappa shape index (κ3) is 7.73. The average Bonchev–Trinajstić information content (AvgIpc) is 2.90. The van der Waals surface area contributed by atoms with Crippen molar-refractivity contribution in [3.63, 3.8) is 0 Å². The average molecular weight is 522 g/mol. The van der Waals surface area contributed by atoms with E-state index in [2.05, 4.69) is 55.4 Å². The topological polar surface area (TPSA) is 27.6 Å². The molecule has 1 fully saturated rings. The molecule has 202 valence electrons. The van der Waals surface area contributed by atoms with Crippen LogP contribution < -0.4 is 5.32 Å². The van der Waals surface area contributed by atoms with Crippen molar-refractivity contribution in [1.29, 1.82) is 0 Å². The molecule has 1 N–H and O–H groups in total. The third-order valence-electron chi connectivity index (χ3n) is 7.13. The maximum atomic E-state index is 13.1. The molecule has 2 aromatic rings. The van der Waals surface area contributed by atoms with Crippen LogP contribution in [0.4, 0.5) is 13.2 Å². The number of nitrogens with zero attached hydrogens (tertiary/aromatic N) is 2. The van der Waals surface area contributed by atoms with Crippen LogP contribution in [-0.4, -0.2) is 30.2 Å². The monoisotopic (exact) mass is 521 g/mol. The first-order chi connectivity index (χ1) is 18.0. The number of halogens is 3. The molecule has 0 aliphatic carbocycles. The Morgan fingerprint density at radius 2 is 1.76 bits per heavy atom. The van der Waals surface area contributed by atoms with Crippen LogP contribution in [0.5, 0.6) is 0 Å². The highest BCUT2D eigenvalue weighted by atomic mass is 19.4. The molecule has 0 bridgehead atoms. The molecule has 3 nitrogen and oxygen atoms in total. The predicted octanol–water partition coefficient (Wildman–Crippen LogP) is 8.16. The fraction of sp³-hybridized carbons (Fsp3) is 0.344. The highest BCUT2D eigenvalue weighted by Gasteiger charge is 2.31. The quantitative estimate of drug-likeness (QED) is 0.266. The van der Waals surface area contributed by atoms with Crippen LogP contribution in [-0.2, 0) is 6.18 Å². The van der Waals surface area contributed by atoms with Crippen LogP contribution in [0.1, 0.15) is 55.9 Å². The number of nitrogens with one attached hydrogen (secondary N) is 1. The first kappa shape index (κ1) is 29.0. The van der Waals surface area contributed by atoms with Crippen LogP contribution >= 0.6 is 0 Å². The number of aryl methyl sites for hydroxylation is 1. The highest BCUT2D eigenvalue weighted by molar-refractivity contribution is 6.10. The number of alkyl halides is 3. The Balaban J connectivity index is 1.63. The zero-order valence-electron chi connectivity index (χ0n) is 22.8. The second-order valence-corrected chi connectivity index (χ2v) is 9.95. The number of aliphatic imine (C=N–C) groups is 1. The van der Waals surface area contributed by atoms with Gasteiger partial charge in [0.1, 0.15) is 0 Å². The second kappa shape index (κ2) is 12.8. The number of rotatable bonds is 9. The molecule has 0 aromatic heterocycles. The molecular formula is C32H38F3N3. The van der Waals surface area contributed by atoms with E-state index in [-0.39, 0.29) is 0 Å². The van der Waals surface area contributed by atoms with Crippen molar-refractivity contribution in [3.8, 4) is 0 Å². The van der Waals surface area contributed by atoms with E-state index in [0.717, 1.165) is 72.3 Å². The van der Waals surface area contributed by atoms with Gasteiger partial charge in [0.2, 0.25) is 0 Å². The van der Waals surface area contributed by atoms with E-state index in [0.29, 0.717) is 17.2 Å². The molecule has 38 heavy (non-hydrogen) atoms. The van der Waals surface area contributed by atoms with E-state index < -0.39 is 11.7 Å². The van der Waals surface area contributed by atoms with Crippen LogP contribution in [0.25, 0.3) is 5.70 Å². The Hall–Kier alpha value is -3.54. The Bertz CT molecular complexity index is 1240. The van der Waals surface area contributed by atoms with E-state index in [1.54, 1.807) is 6.07 Å². The number of benzene rings is 2. The molecule has 1 aliphatic rings. The molecule has 0 spiro atoms. The molecule has 3 rings (SSSR count). The van der Waals surface area contributed by atoms with Crippen molar-refractivity contribution < 1.29 is 13.2 Å². The van der Waals surface area contributed by atoms with Gasteiger partial charge in [0.15, 0.2) is 0 Å². The van der Waals surface area contributed by atoms with E-state index >= 15 is 0 Å². The van der Waals surface area contributed by atoms with Gasteiger partial charge in [0, 0.05) is 42.3 Å². The van der Waals surface area contributed by atoms with Crippen molar-refractivity contribution in [2.24, 2.45) is 10.9 Å². The Labute approximate surface area is 225 Å². The number of allylic oxidation sites excluding steroid dienone is 5. The fourth-order valence-corrected chi connectivity index (χ4v) is 4.47. The summed E-state index contributed by atoms with van der Waals surface area (Å²) < 4.78 is 39.3. The van der Waals surface area contributed by atoms with Gasteiger partial charge in [0.25, 0.3) is 0 Å². The standard InChI is InChI=1S/C32H38F3N3/c1-7-22(2)25(5)37-31(30-14-9-8-11-23(30)3)19-24(4)36-21-27-15-17-38(18-16-27)26(6)28-12-10-13-29(20-28)32(33,34)35/h7-14,19-20,27,36H,1,6,15-18,21H2,2-5H3/b24-19+,25-22+,37-31+. The maximum absolute atomic E-state index is 13.1. The lowest BCUT2D eigenvalue weighted by atomic mass is 9.95. The van der Waals surface area contributed by atoms with Crippen LogP contribution in [0.15, 0.2) is 95.8 Å². The van der Waals surface area contributed by atoms with Crippen molar-refractivity contribution in [2.75, 3.05) is 19.6 Å². The minimum Gasteiger partial charge on any atom is -0.388 e. The van der Waals surface area contributed by atoms with Gasteiger partial charge in [-0.3, -0.25) is 4.99 Å². The van der Waals surface area contributed by atoms with E-state index in [9.17, 15) is 13.2 Å². The summed E-state index contributed by atoms with van der Waals surface area (Å²) in [5.41, 5.74) is 6.68. The lowest BCUT2D eigenvalue weighted by Gasteiger charge is -2.35. The number of hydrogen-bond acceptors (Lipinski definition) is 3. The molecule has 1 saturated heterocycles. The maximum Gasteiger partial charge on any atom is 0.416 e. The third-order valence-corrected chi connectivity index (χ3v) is 7.13. The number of likely N-dealkylation sites (tertiary alicyclic amines) is 1. The Kier molecular flexibility index (Phi) is 9.78. The van der Waals surface area contributed by atoms with Crippen LogP contribution in [0.2, 0.25) is 0 Å². The largest absolute Gasteiger partial charge is 0.416 e. The zero-order chi connectivity index (χ0) is 27.9. The molecule has 1 aliphatic heterocycles. The van der Waals surface area contributed by atoms with Crippen LogP contribution in [0, 0.1) is 12.8 Å². The van der Waals surface area contributed by atoms with Gasteiger partial charge in [-0.05, 0) is 81.4 Å². The molecule has 0 saturated carbocycles. The summed E-state index contributed by atoms with van der Waals surface area (Å²) in [4.78, 5) is 7.01. The SMILES string of the molecule is C=C/C(C)=C(C)/N=C(\C=C(/C)NCC1CCN(C(=C)c2cccc(C(F)(F)F)c2)CC1)c1ccccc1C. The number of piperidine rings is 1. The predicted molar refractivity (Wildman–Crippen MR) is 153 cm³/mol. The number of hydrogen-bond donors (Lipinski definition) is 1. The van der Waals surface area contributed by atoms with Gasteiger partial charge < -0.3 is 10.2 Å². The minimum absolute atomic E-state index is 0.465. The fourth-order valence-electron chi connectivity index (χ4n) is 4.47. The second-order valence-electron chi connectivity index (χ2n) is 9.95. The highest BCUT2D eigenvalue weighted by Crippen LogP contribution is 2.32. The summed E-state index contributed by atoms with van der Waals surface area (Å²) in [6.45, 7) is 18.5. The molecule has 0 unspecified atom stereocenters. The van der Waals surface area contributed by atoms with Crippen molar-refractivity contribution in [1.82, 2.24) is 10.2 Å². The normalized spacial score (nSPS) is 16.2. The van der Waals surface area contributed by atoms with Gasteiger partial charge in [-0.25, -0.2) is 0 Å². The summed E-state index contributed by atoms with van der Waals surface area (Å²) in [5.74, 6) is 0.465. The Morgan fingerprint density at radius 1 is 1.08 bits per heavy atom. The molecule has 0 radical (unpaired) electrons. The molecule has 2 aromatic carbocycles. The van der Waals surface area contributed by atoms with Crippen molar-refractivity contribution >= 4 is 11.4 Å². The van der Waals surface area contributed by atoms with Crippen LogP contribution in [0.3, 0.4) is 0 Å². The molecular weight excluding hydrogens is 483 g/mol. The summed E-state index contributed by atoms with van der Waals surface area (Å²) in [6, 6.07) is 13.6. The van der Waals surface area contributed by atoms with E-state index in [1.807, 2.05) is 32.1 Å². The summed E-state index contributed by atoms with van der Waals surface area (Å²) >= 11 is 0. The molecule has 0 amide bonds.